The van der Waals surface area contributed by atoms with Crippen LogP contribution in [0.3, 0.4) is 0 Å². The van der Waals surface area contributed by atoms with Crippen LogP contribution < -0.4 is 16.4 Å². The van der Waals surface area contributed by atoms with Crippen LogP contribution in [0.2, 0.25) is 0 Å². The van der Waals surface area contributed by atoms with Gasteiger partial charge in [-0.1, -0.05) is 24.3 Å². The summed E-state index contributed by atoms with van der Waals surface area (Å²) in [6, 6.07) is 16.4. The zero-order valence-electron chi connectivity index (χ0n) is 15.4. The lowest BCUT2D eigenvalue weighted by Gasteiger charge is -2.11. The number of nitrogens with one attached hydrogen (secondary N) is 2. The van der Waals surface area contributed by atoms with Gasteiger partial charge < -0.3 is 21.1 Å². The second kappa shape index (κ2) is 9.05. The lowest BCUT2D eigenvalue weighted by molar-refractivity contribution is 0.102. The summed E-state index contributed by atoms with van der Waals surface area (Å²) in [5.41, 5.74) is 9.37. The molecule has 0 unspecified atom stereocenters. The first kappa shape index (κ1) is 19.4. The van der Waals surface area contributed by atoms with Crippen molar-refractivity contribution in [2.75, 3.05) is 17.6 Å². The van der Waals surface area contributed by atoms with Crippen molar-refractivity contribution >= 4 is 34.7 Å². The monoisotopic (exact) mass is 395 g/mol. The van der Waals surface area contributed by atoms with Crippen molar-refractivity contribution in [3.8, 4) is 10.4 Å². The molecule has 3 aromatic rings. The Labute approximate surface area is 167 Å². The topological polar surface area (TPSA) is 93.4 Å². The zero-order chi connectivity index (χ0) is 19.9. The van der Waals surface area contributed by atoms with Crippen molar-refractivity contribution in [2.45, 2.75) is 13.5 Å². The fourth-order valence-corrected chi connectivity index (χ4v) is 3.28. The molecule has 0 bridgehead atoms. The number of anilines is 2. The van der Waals surface area contributed by atoms with Gasteiger partial charge in [0, 0.05) is 17.0 Å². The summed E-state index contributed by atoms with van der Waals surface area (Å²) in [6.07, 6.45) is -0.467. The Bertz CT molecular complexity index is 954. The third kappa shape index (κ3) is 4.89. The molecule has 28 heavy (non-hydrogen) atoms. The molecule has 1 aromatic heterocycles. The van der Waals surface area contributed by atoms with E-state index in [1.807, 2.05) is 36.6 Å². The molecule has 0 atom stereocenters. The minimum Gasteiger partial charge on any atom is -0.445 e. The SMILES string of the molecule is CCNC(=O)OCc1ccc(C(=O)Nc2cc(-c3cccs3)ccc2N)cc1. The first-order valence-electron chi connectivity index (χ1n) is 8.81. The molecule has 1 heterocycles. The number of hydrogen-bond acceptors (Lipinski definition) is 5. The Morgan fingerprint density at radius 3 is 2.57 bits per heavy atom. The van der Waals surface area contributed by atoms with Gasteiger partial charge in [0.15, 0.2) is 0 Å². The standard InChI is InChI=1S/C21H21N3O3S/c1-2-23-21(26)27-13-14-5-7-15(8-6-14)20(25)24-18-12-16(9-10-17(18)22)19-4-3-11-28-19/h3-12H,2,13,22H2,1H3,(H,23,26)(H,24,25). The fourth-order valence-electron chi connectivity index (χ4n) is 2.55. The molecule has 4 N–H and O–H groups in total. The van der Waals surface area contributed by atoms with Crippen LogP contribution in [0.5, 0.6) is 0 Å². The maximum absolute atomic E-state index is 12.6. The van der Waals surface area contributed by atoms with Gasteiger partial charge in [0.2, 0.25) is 0 Å². The third-order valence-corrected chi connectivity index (χ3v) is 4.93. The summed E-state index contributed by atoms with van der Waals surface area (Å²) < 4.78 is 5.06. The highest BCUT2D eigenvalue weighted by Gasteiger charge is 2.10. The van der Waals surface area contributed by atoms with Gasteiger partial charge in [-0.2, -0.15) is 0 Å². The van der Waals surface area contributed by atoms with E-state index in [-0.39, 0.29) is 12.5 Å². The van der Waals surface area contributed by atoms with Crippen molar-refractivity contribution in [3.63, 3.8) is 0 Å². The summed E-state index contributed by atoms with van der Waals surface area (Å²) in [7, 11) is 0. The average molecular weight is 395 g/mol. The molecule has 0 fully saturated rings. The Morgan fingerprint density at radius 2 is 1.89 bits per heavy atom. The van der Waals surface area contributed by atoms with E-state index in [1.165, 1.54) is 0 Å². The number of hydrogen-bond donors (Lipinski definition) is 3. The molecule has 0 aliphatic rings. The number of carbonyl (C=O) groups excluding carboxylic acids is 2. The molecular formula is C21H21N3O3S. The highest BCUT2D eigenvalue weighted by atomic mass is 32.1. The summed E-state index contributed by atoms with van der Waals surface area (Å²) >= 11 is 1.62. The number of carbonyl (C=O) groups is 2. The maximum atomic E-state index is 12.6. The van der Waals surface area contributed by atoms with Crippen LogP contribution in [0, 0.1) is 0 Å². The van der Waals surface area contributed by atoms with Gasteiger partial charge in [-0.15, -0.1) is 11.3 Å². The van der Waals surface area contributed by atoms with Gasteiger partial charge in [-0.3, -0.25) is 4.79 Å². The second-order valence-corrected chi connectivity index (χ2v) is 6.98. The Morgan fingerprint density at radius 1 is 1.11 bits per heavy atom. The summed E-state index contributed by atoms with van der Waals surface area (Å²) in [5.74, 6) is -0.258. The third-order valence-electron chi connectivity index (χ3n) is 4.01. The van der Waals surface area contributed by atoms with Gasteiger partial charge in [0.05, 0.1) is 11.4 Å². The van der Waals surface area contributed by atoms with Crippen molar-refractivity contribution in [1.29, 1.82) is 0 Å². The summed E-state index contributed by atoms with van der Waals surface area (Å²) in [5, 5.41) is 7.42. The molecule has 6 nitrogen and oxygen atoms in total. The van der Waals surface area contributed by atoms with Crippen molar-refractivity contribution in [3.05, 3.63) is 71.1 Å². The lowest BCUT2D eigenvalue weighted by Crippen LogP contribution is -2.23. The van der Waals surface area contributed by atoms with Crippen LogP contribution in [0.15, 0.2) is 60.0 Å². The molecule has 2 aromatic carbocycles. The van der Waals surface area contributed by atoms with E-state index in [4.69, 9.17) is 10.5 Å². The fraction of sp³-hybridized carbons (Fsp3) is 0.143. The molecular weight excluding hydrogens is 374 g/mol. The number of amides is 2. The van der Waals surface area contributed by atoms with E-state index >= 15 is 0 Å². The van der Waals surface area contributed by atoms with Gasteiger partial charge >= 0.3 is 6.09 Å². The molecule has 3 rings (SSSR count). The van der Waals surface area contributed by atoms with Crippen LogP contribution in [-0.2, 0) is 11.3 Å². The van der Waals surface area contributed by atoms with E-state index in [9.17, 15) is 9.59 Å². The Hall–Kier alpha value is -3.32. The van der Waals surface area contributed by atoms with Crippen molar-refractivity contribution in [2.24, 2.45) is 0 Å². The zero-order valence-corrected chi connectivity index (χ0v) is 16.2. The lowest BCUT2D eigenvalue weighted by atomic mass is 10.1. The molecule has 0 saturated heterocycles. The Balaban J connectivity index is 1.66. The minimum absolute atomic E-state index is 0.142. The van der Waals surface area contributed by atoms with E-state index < -0.39 is 6.09 Å². The highest BCUT2D eigenvalue weighted by molar-refractivity contribution is 7.13. The highest BCUT2D eigenvalue weighted by Crippen LogP contribution is 2.30. The molecule has 0 radical (unpaired) electrons. The first-order valence-corrected chi connectivity index (χ1v) is 9.69. The largest absolute Gasteiger partial charge is 0.445 e. The second-order valence-electron chi connectivity index (χ2n) is 6.04. The molecule has 0 aliphatic heterocycles. The molecule has 2 amide bonds. The van der Waals surface area contributed by atoms with Crippen LogP contribution in [0.25, 0.3) is 10.4 Å². The first-order chi connectivity index (χ1) is 13.6. The molecule has 0 spiro atoms. The molecule has 7 heteroatoms. The van der Waals surface area contributed by atoms with Crippen LogP contribution in [-0.4, -0.2) is 18.5 Å². The molecule has 0 saturated carbocycles. The number of ether oxygens (including phenoxy) is 1. The predicted octanol–water partition coefficient (Wildman–Crippen LogP) is 4.50. The van der Waals surface area contributed by atoms with E-state index in [2.05, 4.69) is 10.6 Å². The van der Waals surface area contributed by atoms with Crippen LogP contribution in [0.1, 0.15) is 22.8 Å². The number of nitrogens with two attached hydrogens (primary N) is 1. The molecule has 144 valence electrons. The normalized spacial score (nSPS) is 10.3. The van der Waals surface area contributed by atoms with Gasteiger partial charge in [0.25, 0.3) is 5.91 Å². The van der Waals surface area contributed by atoms with E-state index in [1.54, 1.807) is 41.7 Å². The molecule has 0 aliphatic carbocycles. The number of nitrogen functional groups attached to an aromatic ring is 1. The van der Waals surface area contributed by atoms with E-state index in [0.717, 1.165) is 16.0 Å². The Kier molecular flexibility index (Phi) is 6.29. The van der Waals surface area contributed by atoms with E-state index in [0.29, 0.717) is 23.5 Å². The minimum atomic E-state index is -0.467. The maximum Gasteiger partial charge on any atom is 0.407 e. The van der Waals surface area contributed by atoms with Crippen molar-refractivity contribution < 1.29 is 14.3 Å². The van der Waals surface area contributed by atoms with Crippen LogP contribution >= 0.6 is 11.3 Å². The number of rotatable bonds is 6. The predicted molar refractivity (Wildman–Crippen MR) is 112 cm³/mol. The smallest absolute Gasteiger partial charge is 0.407 e. The van der Waals surface area contributed by atoms with Crippen molar-refractivity contribution in [1.82, 2.24) is 5.32 Å². The van der Waals surface area contributed by atoms with Gasteiger partial charge in [0.1, 0.15) is 6.61 Å². The van der Waals surface area contributed by atoms with Crippen LogP contribution in [0.4, 0.5) is 16.2 Å². The van der Waals surface area contributed by atoms with Gasteiger partial charge in [-0.05, 0) is 53.8 Å². The average Bonchev–Trinajstić information content (AvgIpc) is 3.23. The quantitative estimate of drug-likeness (QED) is 0.536. The summed E-state index contributed by atoms with van der Waals surface area (Å²) in [6.45, 7) is 2.47. The van der Waals surface area contributed by atoms with Gasteiger partial charge in [-0.25, -0.2) is 4.79 Å². The number of alkyl carbamates (subject to hydrolysis) is 1. The summed E-state index contributed by atoms with van der Waals surface area (Å²) in [4.78, 5) is 25.0. The number of thiophene rings is 1. The number of benzene rings is 2.